The van der Waals surface area contributed by atoms with E-state index in [1.165, 1.54) is 23.1 Å². The Morgan fingerprint density at radius 2 is 1.74 bits per heavy atom. The molecule has 1 aliphatic heterocycles. The number of hydrogen-bond acceptors (Lipinski definition) is 3. The Hall–Kier alpha value is -0.900. The SMILES string of the molecule is CC(C)=CCCC(C)=CCCC(C)=CCNOC1CCCOC1. The summed E-state index contributed by atoms with van der Waals surface area (Å²) in [5, 5.41) is 0. The molecular formula is C20H35NO2. The van der Waals surface area contributed by atoms with Gasteiger partial charge in [0.05, 0.1) is 6.61 Å². The molecular weight excluding hydrogens is 286 g/mol. The van der Waals surface area contributed by atoms with Gasteiger partial charge in [-0.25, -0.2) is 0 Å². The lowest BCUT2D eigenvalue weighted by atomic mass is 10.1. The number of hydrogen-bond donors (Lipinski definition) is 1. The highest BCUT2D eigenvalue weighted by Gasteiger charge is 2.13. The van der Waals surface area contributed by atoms with Gasteiger partial charge in [0, 0.05) is 13.2 Å². The third-order valence-electron chi connectivity index (χ3n) is 4.03. The summed E-state index contributed by atoms with van der Waals surface area (Å²) in [4.78, 5) is 5.60. The molecule has 23 heavy (non-hydrogen) atoms. The van der Waals surface area contributed by atoms with Crippen molar-refractivity contribution in [3.63, 3.8) is 0 Å². The second-order valence-electron chi connectivity index (χ2n) is 6.77. The minimum Gasteiger partial charge on any atom is -0.379 e. The molecule has 0 aromatic carbocycles. The lowest BCUT2D eigenvalue weighted by Crippen LogP contribution is -2.31. The molecule has 1 unspecified atom stereocenters. The van der Waals surface area contributed by atoms with Gasteiger partial charge >= 0.3 is 0 Å². The molecule has 0 amide bonds. The van der Waals surface area contributed by atoms with Gasteiger partial charge < -0.3 is 4.74 Å². The molecule has 1 rings (SSSR count). The van der Waals surface area contributed by atoms with Crippen molar-refractivity contribution in [2.45, 2.75) is 72.3 Å². The highest BCUT2D eigenvalue weighted by molar-refractivity contribution is 5.05. The maximum absolute atomic E-state index is 5.60. The first kappa shape index (κ1) is 20.1. The van der Waals surface area contributed by atoms with Crippen molar-refractivity contribution in [1.29, 1.82) is 0 Å². The van der Waals surface area contributed by atoms with Crippen LogP contribution in [-0.2, 0) is 9.57 Å². The molecule has 0 radical (unpaired) electrons. The van der Waals surface area contributed by atoms with Crippen LogP contribution in [-0.4, -0.2) is 25.9 Å². The van der Waals surface area contributed by atoms with E-state index in [4.69, 9.17) is 9.57 Å². The molecule has 3 nitrogen and oxygen atoms in total. The average Bonchev–Trinajstić information content (AvgIpc) is 2.52. The predicted octanol–water partition coefficient (Wildman–Crippen LogP) is 5.11. The third-order valence-corrected chi connectivity index (χ3v) is 4.03. The van der Waals surface area contributed by atoms with E-state index in [1.807, 2.05) is 0 Å². The van der Waals surface area contributed by atoms with E-state index in [1.54, 1.807) is 0 Å². The van der Waals surface area contributed by atoms with E-state index in [9.17, 15) is 0 Å². The second kappa shape index (κ2) is 12.5. The highest BCUT2D eigenvalue weighted by atomic mass is 16.7. The first-order chi connectivity index (χ1) is 11.1. The Morgan fingerprint density at radius 3 is 2.39 bits per heavy atom. The topological polar surface area (TPSA) is 30.5 Å². The minimum absolute atomic E-state index is 0.212. The summed E-state index contributed by atoms with van der Waals surface area (Å²) in [6.45, 7) is 11.1. The molecule has 1 N–H and O–H groups in total. The largest absolute Gasteiger partial charge is 0.379 e. The maximum atomic E-state index is 5.60. The van der Waals surface area contributed by atoms with Gasteiger partial charge in [0.25, 0.3) is 0 Å². The van der Waals surface area contributed by atoms with Crippen LogP contribution in [0.2, 0.25) is 0 Å². The van der Waals surface area contributed by atoms with Crippen LogP contribution >= 0.6 is 0 Å². The molecule has 0 aromatic rings. The molecule has 1 aliphatic rings. The molecule has 132 valence electrons. The summed E-state index contributed by atoms with van der Waals surface area (Å²) in [6.07, 6.45) is 13.9. The molecule has 1 atom stereocenters. The molecule has 3 heteroatoms. The first-order valence-electron chi connectivity index (χ1n) is 8.99. The molecule has 0 bridgehead atoms. The van der Waals surface area contributed by atoms with Crippen LogP contribution in [0.3, 0.4) is 0 Å². The monoisotopic (exact) mass is 321 g/mol. The molecule has 1 heterocycles. The summed E-state index contributed by atoms with van der Waals surface area (Å²) in [7, 11) is 0. The molecule has 1 saturated heterocycles. The lowest BCUT2D eigenvalue weighted by Gasteiger charge is -2.21. The van der Waals surface area contributed by atoms with E-state index in [-0.39, 0.29) is 6.10 Å². The van der Waals surface area contributed by atoms with Gasteiger partial charge in [0.15, 0.2) is 0 Å². The molecule has 1 fully saturated rings. The van der Waals surface area contributed by atoms with E-state index in [0.29, 0.717) is 6.61 Å². The van der Waals surface area contributed by atoms with Gasteiger partial charge in [-0.3, -0.25) is 4.84 Å². The van der Waals surface area contributed by atoms with Crippen molar-refractivity contribution in [2.24, 2.45) is 0 Å². The summed E-state index contributed by atoms with van der Waals surface area (Å²) in [5.74, 6) is 0. The van der Waals surface area contributed by atoms with Crippen LogP contribution in [0.4, 0.5) is 0 Å². The number of ether oxygens (including phenoxy) is 1. The quantitative estimate of drug-likeness (QED) is 0.345. The van der Waals surface area contributed by atoms with Crippen LogP contribution < -0.4 is 5.48 Å². The zero-order chi connectivity index (χ0) is 16.9. The fraction of sp³-hybridized carbons (Fsp3) is 0.700. The van der Waals surface area contributed by atoms with Gasteiger partial charge in [0.1, 0.15) is 6.10 Å². The number of nitrogens with one attached hydrogen (secondary N) is 1. The Bertz CT molecular complexity index is 400. The van der Waals surface area contributed by atoms with Crippen LogP contribution in [0.5, 0.6) is 0 Å². The lowest BCUT2D eigenvalue weighted by molar-refractivity contribution is -0.0897. The Morgan fingerprint density at radius 1 is 1.04 bits per heavy atom. The standard InChI is InChI=1S/C20H35NO2/c1-17(2)8-5-9-18(3)10-6-11-19(4)13-14-21-23-20-12-7-15-22-16-20/h8,10,13,20-21H,5-7,9,11-12,14-16H2,1-4H3. The zero-order valence-corrected chi connectivity index (χ0v) is 15.5. The first-order valence-corrected chi connectivity index (χ1v) is 8.99. The van der Waals surface area contributed by atoms with Gasteiger partial charge in [-0.1, -0.05) is 34.9 Å². The second-order valence-corrected chi connectivity index (χ2v) is 6.77. The summed E-state index contributed by atoms with van der Waals surface area (Å²) in [6, 6.07) is 0. The predicted molar refractivity (Wildman–Crippen MR) is 98.3 cm³/mol. The summed E-state index contributed by atoms with van der Waals surface area (Å²) in [5.41, 5.74) is 7.36. The molecule has 0 saturated carbocycles. The van der Waals surface area contributed by atoms with Crippen molar-refractivity contribution in [3.8, 4) is 0 Å². The van der Waals surface area contributed by atoms with Gasteiger partial charge in [-0.05, 0) is 66.2 Å². The van der Waals surface area contributed by atoms with Gasteiger partial charge in [-0.15, -0.1) is 0 Å². The van der Waals surface area contributed by atoms with E-state index in [2.05, 4.69) is 51.4 Å². The van der Waals surface area contributed by atoms with Crippen LogP contribution in [0.15, 0.2) is 34.9 Å². The smallest absolute Gasteiger partial charge is 0.102 e. The molecule has 0 aliphatic carbocycles. The van der Waals surface area contributed by atoms with Crippen LogP contribution in [0.25, 0.3) is 0 Å². The van der Waals surface area contributed by atoms with Crippen molar-refractivity contribution in [2.75, 3.05) is 19.8 Å². The number of allylic oxidation sites excluding steroid dienone is 5. The summed E-state index contributed by atoms with van der Waals surface area (Å²) < 4.78 is 5.39. The van der Waals surface area contributed by atoms with E-state index in [0.717, 1.165) is 45.3 Å². The highest BCUT2D eigenvalue weighted by Crippen LogP contribution is 2.11. The number of rotatable bonds is 10. The number of hydroxylamine groups is 1. The van der Waals surface area contributed by atoms with E-state index < -0.39 is 0 Å². The van der Waals surface area contributed by atoms with Crippen LogP contribution in [0, 0.1) is 0 Å². The van der Waals surface area contributed by atoms with Gasteiger partial charge in [-0.2, -0.15) is 5.48 Å². The normalized spacial score (nSPS) is 19.7. The van der Waals surface area contributed by atoms with Crippen molar-refractivity contribution in [3.05, 3.63) is 34.9 Å². The third kappa shape index (κ3) is 11.3. The average molecular weight is 322 g/mol. The van der Waals surface area contributed by atoms with Crippen molar-refractivity contribution < 1.29 is 9.57 Å². The van der Waals surface area contributed by atoms with Crippen molar-refractivity contribution in [1.82, 2.24) is 5.48 Å². The van der Waals surface area contributed by atoms with Crippen molar-refractivity contribution >= 4 is 0 Å². The minimum atomic E-state index is 0.212. The Kier molecular flexibility index (Phi) is 11.0. The van der Waals surface area contributed by atoms with Crippen LogP contribution in [0.1, 0.15) is 66.2 Å². The summed E-state index contributed by atoms with van der Waals surface area (Å²) >= 11 is 0. The Balaban J connectivity index is 2.09. The molecule has 0 aromatic heterocycles. The Labute approximate surface area is 142 Å². The fourth-order valence-electron chi connectivity index (χ4n) is 2.52. The fourth-order valence-corrected chi connectivity index (χ4v) is 2.52. The van der Waals surface area contributed by atoms with E-state index >= 15 is 0 Å². The maximum Gasteiger partial charge on any atom is 0.102 e. The van der Waals surface area contributed by atoms with Gasteiger partial charge in [0.2, 0.25) is 0 Å². The molecule has 0 spiro atoms. The zero-order valence-electron chi connectivity index (χ0n) is 15.5.